The van der Waals surface area contributed by atoms with Crippen LogP contribution in [0.3, 0.4) is 0 Å². The van der Waals surface area contributed by atoms with Crippen LogP contribution < -0.4 is 5.32 Å². The number of fused-ring (bicyclic) bond motifs is 1. The number of thioether (sulfide) groups is 1. The predicted octanol–water partition coefficient (Wildman–Crippen LogP) is 4.40. The normalized spacial score (nSPS) is 23.2. The summed E-state index contributed by atoms with van der Waals surface area (Å²) in [6.45, 7) is 7.42. The second-order valence-electron chi connectivity index (χ2n) is 4.98. The largest absolute Gasteiger partial charge is 0.309 e. The Hall–Kier alpha value is -0.250. The van der Waals surface area contributed by atoms with Gasteiger partial charge in [0.25, 0.3) is 0 Å². The molecule has 0 radical (unpaired) electrons. The Kier molecular flexibility index (Phi) is 4.57. The Balaban J connectivity index is 2.43. The highest BCUT2D eigenvalue weighted by Gasteiger charge is 2.33. The molecular formula is C14H19ClFNS. The van der Waals surface area contributed by atoms with E-state index >= 15 is 0 Å². The first-order chi connectivity index (χ1) is 8.56. The summed E-state index contributed by atoms with van der Waals surface area (Å²) in [5.74, 6) is 1.03. The first-order valence-corrected chi connectivity index (χ1v) is 7.80. The molecule has 0 spiro atoms. The molecule has 4 heteroatoms. The molecular weight excluding hydrogens is 269 g/mol. The number of hydrogen-bond acceptors (Lipinski definition) is 2. The summed E-state index contributed by atoms with van der Waals surface area (Å²) in [4.78, 5) is 0. The van der Waals surface area contributed by atoms with Gasteiger partial charge in [0.2, 0.25) is 0 Å². The van der Waals surface area contributed by atoms with Crippen molar-refractivity contribution in [2.24, 2.45) is 5.92 Å². The summed E-state index contributed by atoms with van der Waals surface area (Å²) in [7, 11) is 0. The maximum Gasteiger partial charge on any atom is 0.146 e. The van der Waals surface area contributed by atoms with Gasteiger partial charge in [-0.15, -0.1) is 0 Å². The van der Waals surface area contributed by atoms with E-state index in [0.717, 1.165) is 17.7 Å². The molecule has 0 fully saturated rings. The van der Waals surface area contributed by atoms with Crippen molar-refractivity contribution < 1.29 is 4.39 Å². The van der Waals surface area contributed by atoms with Gasteiger partial charge < -0.3 is 5.32 Å². The fourth-order valence-electron chi connectivity index (χ4n) is 2.52. The lowest BCUT2D eigenvalue weighted by Gasteiger charge is -2.36. The van der Waals surface area contributed by atoms with Crippen LogP contribution in [0.1, 0.15) is 37.9 Å². The molecule has 0 amide bonds. The van der Waals surface area contributed by atoms with Crippen LogP contribution in [-0.2, 0) is 5.75 Å². The molecule has 100 valence electrons. The quantitative estimate of drug-likeness (QED) is 0.884. The van der Waals surface area contributed by atoms with Gasteiger partial charge in [-0.1, -0.05) is 38.4 Å². The van der Waals surface area contributed by atoms with Gasteiger partial charge in [0.1, 0.15) is 5.82 Å². The van der Waals surface area contributed by atoms with E-state index in [1.54, 1.807) is 6.07 Å². The molecule has 0 saturated carbocycles. The molecule has 1 aromatic rings. The van der Waals surface area contributed by atoms with Crippen LogP contribution >= 0.6 is 23.4 Å². The lowest BCUT2D eigenvalue weighted by molar-refractivity contribution is 0.443. The maximum absolute atomic E-state index is 14.1. The van der Waals surface area contributed by atoms with Crippen LogP contribution in [0.2, 0.25) is 5.02 Å². The molecule has 1 aliphatic heterocycles. The average Bonchev–Trinajstić information content (AvgIpc) is 2.34. The number of hydrogen-bond donors (Lipinski definition) is 1. The van der Waals surface area contributed by atoms with Crippen molar-refractivity contribution in [2.45, 2.75) is 37.8 Å². The molecule has 2 atom stereocenters. The van der Waals surface area contributed by atoms with Gasteiger partial charge in [-0.2, -0.15) is 11.8 Å². The van der Waals surface area contributed by atoms with Crippen molar-refractivity contribution in [1.82, 2.24) is 5.32 Å². The van der Waals surface area contributed by atoms with Crippen LogP contribution in [0.25, 0.3) is 0 Å². The van der Waals surface area contributed by atoms with Gasteiger partial charge >= 0.3 is 0 Å². The SMILES string of the molecule is CCNC1c2ccc(Cl)c(F)c2CSC1C(C)C. The van der Waals surface area contributed by atoms with Crippen molar-refractivity contribution in [1.29, 1.82) is 0 Å². The molecule has 18 heavy (non-hydrogen) atoms. The summed E-state index contributed by atoms with van der Waals surface area (Å²) in [5.41, 5.74) is 1.85. The highest BCUT2D eigenvalue weighted by Crippen LogP contribution is 2.43. The van der Waals surface area contributed by atoms with Crippen molar-refractivity contribution in [3.63, 3.8) is 0 Å². The van der Waals surface area contributed by atoms with Gasteiger partial charge in [0, 0.05) is 22.6 Å². The van der Waals surface area contributed by atoms with Crippen molar-refractivity contribution in [2.75, 3.05) is 6.54 Å². The zero-order valence-corrected chi connectivity index (χ0v) is 12.5. The number of halogens is 2. The third-order valence-corrected chi connectivity index (χ3v) is 5.35. The minimum absolute atomic E-state index is 0.218. The van der Waals surface area contributed by atoms with Crippen LogP contribution in [-0.4, -0.2) is 11.8 Å². The third kappa shape index (κ3) is 2.54. The second kappa shape index (κ2) is 5.81. The minimum Gasteiger partial charge on any atom is -0.309 e. The second-order valence-corrected chi connectivity index (χ2v) is 6.56. The standard InChI is InChI=1S/C14H19ClFNS/c1-4-17-13-9-5-6-11(15)12(16)10(9)7-18-14(13)8(2)3/h5-6,8,13-14,17H,4,7H2,1-3H3. The van der Waals surface area contributed by atoms with Crippen LogP contribution in [0.4, 0.5) is 4.39 Å². The molecule has 1 aromatic carbocycles. The summed E-state index contributed by atoms with van der Waals surface area (Å²) in [6, 6.07) is 3.87. The van der Waals surface area contributed by atoms with Crippen LogP contribution in [0.5, 0.6) is 0 Å². The van der Waals surface area contributed by atoms with Gasteiger partial charge in [-0.25, -0.2) is 4.39 Å². The Morgan fingerprint density at radius 3 is 2.83 bits per heavy atom. The summed E-state index contributed by atoms with van der Waals surface area (Å²) in [5, 5.41) is 4.20. The monoisotopic (exact) mass is 287 g/mol. The number of benzene rings is 1. The molecule has 0 aliphatic carbocycles. The van der Waals surface area contributed by atoms with Gasteiger partial charge in [0.05, 0.1) is 5.02 Å². The van der Waals surface area contributed by atoms with Crippen molar-refractivity contribution in [3.8, 4) is 0 Å². The molecule has 1 heterocycles. The van der Waals surface area contributed by atoms with E-state index in [0.29, 0.717) is 16.9 Å². The van der Waals surface area contributed by atoms with E-state index in [1.165, 1.54) is 0 Å². The Labute approximate surface area is 117 Å². The minimum atomic E-state index is -0.244. The average molecular weight is 288 g/mol. The van der Waals surface area contributed by atoms with Crippen molar-refractivity contribution >= 4 is 23.4 Å². The number of rotatable bonds is 3. The Bertz CT molecular complexity index is 436. The fraction of sp³-hybridized carbons (Fsp3) is 0.571. The Morgan fingerprint density at radius 1 is 1.50 bits per heavy atom. The molecule has 1 nitrogen and oxygen atoms in total. The van der Waals surface area contributed by atoms with E-state index in [4.69, 9.17) is 11.6 Å². The number of nitrogens with one attached hydrogen (secondary N) is 1. The fourth-order valence-corrected chi connectivity index (χ4v) is 4.17. The highest BCUT2D eigenvalue weighted by atomic mass is 35.5. The first kappa shape index (κ1) is 14.2. The van der Waals surface area contributed by atoms with E-state index in [1.807, 2.05) is 17.8 Å². The first-order valence-electron chi connectivity index (χ1n) is 6.38. The molecule has 0 saturated heterocycles. The maximum atomic E-state index is 14.1. The highest BCUT2D eigenvalue weighted by molar-refractivity contribution is 7.99. The molecule has 2 unspecified atom stereocenters. The van der Waals surface area contributed by atoms with Gasteiger partial charge in [-0.3, -0.25) is 0 Å². The topological polar surface area (TPSA) is 12.0 Å². The molecule has 1 aliphatic rings. The van der Waals surface area contributed by atoms with E-state index in [9.17, 15) is 4.39 Å². The summed E-state index contributed by atoms with van der Waals surface area (Å²) >= 11 is 7.69. The lowest BCUT2D eigenvalue weighted by Crippen LogP contribution is -2.36. The molecule has 2 rings (SSSR count). The van der Waals surface area contributed by atoms with E-state index in [2.05, 4.69) is 26.1 Å². The smallest absolute Gasteiger partial charge is 0.146 e. The molecule has 0 bridgehead atoms. The predicted molar refractivity (Wildman–Crippen MR) is 77.7 cm³/mol. The van der Waals surface area contributed by atoms with Crippen molar-refractivity contribution in [3.05, 3.63) is 34.1 Å². The zero-order chi connectivity index (χ0) is 13.3. The Morgan fingerprint density at radius 2 is 2.22 bits per heavy atom. The third-order valence-electron chi connectivity index (χ3n) is 3.40. The van der Waals surface area contributed by atoms with Gasteiger partial charge in [-0.05, 0) is 24.1 Å². The summed E-state index contributed by atoms with van der Waals surface area (Å²) < 4.78 is 14.1. The zero-order valence-electron chi connectivity index (χ0n) is 11.0. The lowest BCUT2D eigenvalue weighted by atomic mass is 9.92. The van der Waals surface area contributed by atoms with Gasteiger partial charge in [0.15, 0.2) is 0 Å². The molecule has 0 aromatic heterocycles. The molecule has 1 N–H and O–H groups in total. The van der Waals surface area contributed by atoms with Crippen LogP contribution in [0, 0.1) is 11.7 Å². The van der Waals surface area contributed by atoms with Crippen LogP contribution in [0.15, 0.2) is 12.1 Å². The van der Waals surface area contributed by atoms with E-state index in [-0.39, 0.29) is 16.9 Å². The summed E-state index contributed by atoms with van der Waals surface area (Å²) in [6.07, 6.45) is 0. The van der Waals surface area contributed by atoms with E-state index < -0.39 is 0 Å².